The van der Waals surface area contributed by atoms with E-state index < -0.39 is 0 Å². The van der Waals surface area contributed by atoms with Crippen LogP contribution in [-0.4, -0.2) is 0 Å². The third-order valence-corrected chi connectivity index (χ3v) is 5.13. The summed E-state index contributed by atoms with van der Waals surface area (Å²) in [7, 11) is 0. The van der Waals surface area contributed by atoms with E-state index in [0.717, 1.165) is 12.8 Å². The van der Waals surface area contributed by atoms with Gasteiger partial charge in [-0.05, 0) is 43.4 Å². The van der Waals surface area contributed by atoms with Crippen molar-refractivity contribution in [2.75, 3.05) is 0 Å². The summed E-state index contributed by atoms with van der Waals surface area (Å²) in [5.41, 5.74) is 0.849. The van der Waals surface area contributed by atoms with Crippen LogP contribution in [0.1, 0.15) is 54.5 Å². The first kappa shape index (κ1) is 14.0. The molecule has 1 unspecified atom stereocenters. The molecule has 0 aliphatic heterocycles. The summed E-state index contributed by atoms with van der Waals surface area (Å²) < 4.78 is 27.5. The largest absolute Gasteiger partial charge is 0.207 e. The Morgan fingerprint density at radius 3 is 2.28 bits per heavy atom. The Hall–Kier alpha value is -0.440. The molecule has 3 heteroatoms. The topological polar surface area (TPSA) is 0 Å². The first-order valence-electron chi connectivity index (χ1n) is 6.69. The van der Waals surface area contributed by atoms with Gasteiger partial charge in [-0.25, -0.2) is 8.78 Å². The highest BCUT2D eigenvalue weighted by Gasteiger charge is 2.25. The van der Waals surface area contributed by atoms with E-state index in [9.17, 15) is 8.78 Å². The Bertz CT molecular complexity index is 409. The Labute approximate surface area is 116 Å². The van der Waals surface area contributed by atoms with Crippen molar-refractivity contribution in [3.8, 4) is 0 Å². The molecule has 1 aliphatic carbocycles. The van der Waals surface area contributed by atoms with Gasteiger partial charge in [0.25, 0.3) is 0 Å². The summed E-state index contributed by atoms with van der Waals surface area (Å²) >= 11 is 3.59. The first-order valence-corrected chi connectivity index (χ1v) is 7.61. The number of aryl methyl sites for hydroxylation is 1. The van der Waals surface area contributed by atoms with Crippen LogP contribution in [0.3, 0.4) is 0 Å². The van der Waals surface area contributed by atoms with Gasteiger partial charge in [0.15, 0.2) is 0 Å². The molecule has 1 aliphatic rings. The van der Waals surface area contributed by atoms with E-state index in [1.54, 1.807) is 6.92 Å². The van der Waals surface area contributed by atoms with Gasteiger partial charge in [-0.2, -0.15) is 0 Å². The number of hydrogen-bond acceptors (Lipinski definition) is 0. The zero-order valence-corrected chi connectivity index (χ0v) is 12.3. The second kappa shape index (κ2) is 6.14. The van der Waals surface area contributed by atoms with Gasteiger partial charge in [-0.3, -0.25) is 0 Å². The highest BCUT2D eigenvalue weighted by Crippen LogP contribution is 2.40. The number of hydrogen-bond donors (Lipinski definition) is 0. The third-order valence-electron chi connectivity index (χ3n) is 3.89. The highest BCUT2D eigenvalue weighted by molar-refractivity contribution is 9.09. The van der Waals surface area contributed by atoms with Crippen LogP contribution >= 0.6 is 15.9 Å². The van der Waals surface area contributed by atoms with Gasteiger partial charge in [-0.15, -0.1) is 0 Å². The smallest absolute Gasteiger partial charge is 0.128 e. The van der Waals surface area contributed by atoms with Gasteiger partial charge >= 0.3 is 0 Å². The van der Waals surface area contributed by atoms with E-state index in [-0.39, 0.29) is 16.5 Å². The fourth-order valence-corrected chi connectivity index (χ4v) is 3.61. The molecule has 18 heavy (non-hydrogen) atoms. The second-order valence-corrected chi connectivity index (χ2v) is 6.26. The molecule has 0 heterocycles. The SMILES string of the molecule is Cc1cc(F)c(C(Br)C2CCCCCC2)cc1F. The molecule has 0 spiro atoms. The van der Waals surface area contributed by atoms with Crippen LogP contribution in [0, 0.1) is 24.5 Å². The second-order valence-electron chi connectivity index (χ2n) is 5.28. The van der Waals surface area contributed by atoms with Gasteiger partial charge in [0.05, 0.1) is 0 Å². The Kier molecular flexibility index (Phi) is 4.77. The van der Waals surface area contributed by atoms with Crippen molar-refractivity contribution < 1.29 is 8.78 Å². The monoisotopic (exact) mass is 316 g/mol. The van der Waals surface area contributed by atoms with E-state index in [0.29, 0.717) is 17.0 Å². The summed E-state index contributed by atoms with van der Waals surface area (Å²) in [5.74, 6) is -0.186. The van der Waals surface area contributed by atoms with E-state index in [4.69, 9.17) is 0 Å². The van der Waals surface area contributed by atoms with Crippen molar-refractivity contribution in [2.45, 2.75) is 50.3 Å². The summed E-state index contributed by atoms with van der Waals surface area (Å²) in [6, 6.07) is 2.66. The molecule has 0 aromatic heterocycles. The maximum Gasteiger partial charge on any atom is 0.128 e. The summed E-state index contributed by atoms with van der Waals surface area (Å²) in [4.78, 5) is -0.0642. The molecular weight excluding hydrogens is 298 g/mol. The lowest BCUT2D eigenvalue weighted by atomic mass is 9.91. The highest BCUT2D eigenvalue weighted by atomic mass is 79.9. The molecule has 1 atom stereocenters. The minimum atomic E-state index is -0.315. The fourth-order valence-electron chi connectivity index (χ4n) is 2.73. The summed E-state index contributed by atoms with van der Waals surface area (Å²) in [6.45, 7) is 1.59. The summed E-state index contributed by atoms with van der Waals surface area (Å²) in [5, 5.41) is 0. The lowest BCUT2D eigenvalue weighted by molar-refractivity contribution is 0.442. The van der Waals surface area contributed by atoms with Gasteiger partial charge in [-0.1, -0.05) is 41.6 Å². The lowest BCUT2D eigenvalue weighted by Crippen LogP contribution is -2.09. The normalized spacial score (nSPS) is 19.6. The van der Waals surface area contributed by atoms with Crippen LogP contribution in [0.5, 0.6) is 0 Å². The Balaban J connectivity index is 2.21. The van der Waals surface area contributed by atoms with Crippen molar-refractivity contribution in [2.24, 2.45) is 5.92 Å². The molecule has 0 nitrogen and oxygen atoms in total. The first-order chi connectivity index (χ1) is 8.59. The average molecular weight is 317 g/mol. The fraction of sp³-hybridized carbons (Fsp3) is 0.600. The Morgan fingerprint density at radius 2 is 1.67 bits per heavy atom. The van der Waals surface area contributed by atoms with Crippen molar-refractivity contribution in [3.63, 3.8) is 0 Å². The molecule has 1 fully saturated rings. The van der Waals surface area contributed by atoms with Gasteiger partial charge in [0, 0.05) is 10.4 Å². The van der Waals surface area contributed by atoms with Crippen molar-refractivity contribution >= 4 is 15.9 Å². The molecule has 0 bridgehead atoms. The molecule has 1 aromatic rings. The molecule has 0 N–H and O–H groups in total. The molecule has 1 saturated carbocycles. The molecule has 2 rings (SSSR count). The molecule has 1 aromatic carbocycles. The van der Waals surface area contributed by atoms with E-state index in [2.05, 4.69) is 15.9 Å². The molecule has 100 valence electrons. The van der Waals surface area contributed by atoms with Crippen LogP contribution in [0.15, 0.2) is 12.1 Å². The maximum absolute atomic E-state index is 13.9. The Morgan fingerprint density at radius 1 is 1.06 bits per heavy atom. The molecule has 0 saturated heterocycles. The number of halogens is 3. The van der Waals surface area contributed by atoms with Gasteiger partial charge in [0.1, 0.15) is 11.6 Å². The maximum atomic E-state index is 13.9. The summed E-state index contributed by atoms with van der Waals surface area (Å²) in [6.07, 6.45) is 7.13. The van der Waals surface area contributed by atoms with Gasteiger partial charge in [0.2, 0.25) is 0 Å². The molecule has 0 radical (unpaired) electrons. The number of rotatable bonds is 2. The molecular formula is C15H19BrF2. The number of benzene rings is 1. The van der Waals surface area contributed by atoms with E-state index in [1.807, 2.05) is 0 Å². The van der Waals surface area contributed by atoms with Gasteiger partial charge < -0.3 is 0 Å². The third kappa shape index (κ3) is 3.11. The van der Waals surface area contributed by atoms with E-state index in [1.165, 1.54) is 37.8 Å². The number of alkyl halides is 1. The van der Waals surface area contributed by atoms with Crippen LogP contribution in [0.4, 0.5) is 8.78 Å². The molecule has 0 amide bonds. The van der Waals surface area contributed by atoms with Crippen LogP contribution in [-0.2, 0) is 0 Å². The van der Waals surface area contributed by atoms with E-state index >= 15 is 0 Å². The average Bonchev–Trinajstić information content (AvgIpc) is 2.61. The van der Waals surface area contributed by atoms with Crippen LogP contribution in [0.2, 0.25) is 0 Å². The minimum absolute atomic E-state index is 0.0642. The van der Waals surface area contributed by atoms with Crippen molar-refractivity contribution in [1.29, 1.82) is 0 Å². The predicted octanol–water partition coefficient (Wildman–Crippen LogP) is 5.68. The zero-order valence-electron chi connectivity index (χ0n) is 10.7. The lowest BCUT2D eigenvalue weighted by Gasteiger charge is -2.22. The van der Waals surface area contributed by atoms with Crippen LogP contribution in [0.25, 0.3) is 0 Å². The van der Waals surface area contributed by atoms with Crippen molar-refractivity contribution in [1.82, 2.24) is 0 Å². The zero-order chi connectivity index (χ0) is 13.1. The van der Waals surface area contributed by atoms with Crippen molar-refractivity contribution in [3.05, 3.63) is 34.9 Å². The standard InChI is InChI=1S/C15H19BrF2/c1-10-8-14(18)12(9-13(10)17)15(16)11-6-4-2-3-5-7-11/h8-9,11,15H,2-7H2,1H3. The minimum Gasteiger partial charge on any atom is -0.207 e. The van der Waals surface area contributed by atoms with Crippen LogP contribution < -0.4 is 0 Å². The predicted molar refractivity (Wildman–Crippen MR) is 74.0 cm³/mol. The quantitative estimate of drug-likeness (QED) is 0.486.